The number of halogens is 1. The summed E-state index contributed by atoms with van der Waals surface area (Å²) in [5.74, 6) is 2.26. The molecule has 2 aromatic rings. The second kappa shape index (κ2) is 8.68. The minimum absolute atomic E-state index is 0.603. The van der Waals surface area contributed by atoms with Gasteiger partial charge in [0.2, 0.25) is 0 Å². The number of hydrogen-bond acceptors (Lipinski definition) is 3. The van der Waals surface area contributed by atoms with Crippen LogP contribution in [0.2, 0.25) is 5.02 Å². The van der Waals surface area contributed by atoms with E-state index in [4.69, 9.17) is 21.1 Å². The van der Waals surface area contributed by atoms with Gasteiger partial charge >= 0.3 is 0 Å². The van der Waals surface area contributed by atoms with Crippen molar-refractivity contribution < 1.29 is 9.47 Å². The van der Waals surface area contributed by atoms with Gasteiger partial charge in [-0.2, -0.15) is 0 Å². The molecule has 0 saturated heterocycles. The Morgan fingerprint density at radius 1 is 1.09 bits per heavy atom. The van der Waals surface area contributed by atoms with Crippen LogP contribution >= 0.6 is 11.6 Å². The molecule has 0 unspecified atom stereocenters. The molecule has 0 radical (unpaired) electrons. The Labute approximate surface area is 143 Å². The van der Waals surface area contributed by atoms with Gasteiger partial charge in [-0.1, -0.05) is 37.6 Å². The van der Waals surface area contributed by atoms with E-state index in [2.05, 4.69) is 31.3 Å². The maximum Gasteiger partial charge on any atom is 0.137 e. The highest BCUT2D eigenvalue weighted by Crippen LogP contribution is 2.27. The quantitative estimate of drug-likeness (QED) is 0.703. The third-order valence-corrected chi connectivity index (χ3v) is 3.83. The van der Waals surface area contributed by atoms with Crippen LogP contribution in [-0.4, -0.2) is 13.7 Å². The third-order valence-electron chi connectivity index (χ3n) is 3.54. The summed E-state index contributed by atoms with van der Waals surface area (Å²) in [6.07, 6.45) is 1.07. The van der Waals surface area contributed by atoms with Gasteiger partial charge in [0.1, 0.15) is 11.5 Å². The first-order chi connectivity index (χ1) is 11.1. The minimum atomic E-state index is 0.603. The number of rotatable bonds is 8. The molecule has 124 valence electrons. The van der Waals surface area contributed by atoms with E-state index >= 15 is 0 Å². The predicted octanol–water partition coefficient (Wildman–Crippen LogP) is 5.39. The highest BCUT2D eigenvalue weighted by molar-refractivity contribution is 6.32. The van der Waals surface area contributed by atoms with Crippen LogP contribution in [0.15, 0.2) is 42.5 Å². The average molecular weight is 334 g/mol. The van der Waals surface area contributed by atoms with Gasteiger partial charge in [-0.25, -0.2) is 0 Å². The normalized spacial score (nSPS) is 10.7. The molecule has 3 nitrogen and oxygen atoms in total. The zero-order valence-electron chi connectivity index (χ0n) is 13.9. The lowest BCUT2D eigenvalue weighted by molar-refractivity contribution is 0.289. The standard InChI is InChI=1S/C19H24ClNO2/c1-14(2)10-11-23-17-7-4-15(5-8-17)13-21-16-6-9-19(22-3)18(20)12-16/h4-9,12,14,21H,10-11,13H2,1-3H3. The zero-order valence-corrected chi connectivity index (χ0v) is 14.7. The lowest BCUT2D eigenvalue weighted by atomic mass is 10.1. The van der Waals surface area contributed by atoms with Gasteiger partial charge in [0.15, 0.2) is 0 Å². The monoisotopic (exact) mass is 333 g/mol. The van der Waals surface area contributed by atoms with Gasteiger partial charge in [0.25, 0.3) is 0 Å². The van der Waals surface area contributed by atoms with Crippen molar-refractivity contribution >= 4 is 17.3 Å². The predicted molar refractivity (Wildman–Crippen MR) is 96.7 cm³/mol. The Kier molecular flexibility index (Phi) is 6.60. The second-order valence-corrected chi connectivity index (χ2v) is 6.29. The lowest BCUT2D eigenvalue weighted by Crippen LogP contribution is -2.02. The molecule has 0 amide bonds. The summed E-state index contributed by atoms with van der Waals surface area (Å²) in [5.41, 5.74) is 2.15. The van der Waals surface area contributed by atoms with Crippen molar-refractivity contribution in [2.45, 2.75) is 26.8 Å². The third kappa shape index (κ3) is 5.68. The molecule has 0 aliphatic carbocycles. The molecule has 0 heterocycles. The smallest absolute Gasteiger partial charge is 0.137 e. The number of hydrogen-bond donors (Lipinski definition) is 1. The summed E-state index contributed by atoms with van der Waals surface area (Å²) in [7, 11) is 1.61. The Bertz CT molecular complexity index is 611. The first-order valence-corrected chi connectivity index (χ1v) is 8.25. The summed E-state index contributed by atoms with van der Waals surface area (Å²) in [6.45, 7) is 5.89. The van der Waals surface area contributed by atoms with Gasteiger partial charge in [0.05, 0.1) is 18.7 Å². The first-order valence-electron chi connectivity index (χ1n) is 7.87. The molecule has 0 atom stereocenters. The molecule has 0 aliphatic rings. The van der Waals surface area contributed by atoms with E-state index in [-0.39, 0.29) is 0 Å². The molecule has 1 N–H and O–H groups in total. The molecular formula is C19H24ClNO2. The number of methoxy groups -OCH3 is 1. The van der Waals surface area contributed by atoms with Crippen molar-refractivity contribution in [3.63, 3.8) is 0 Å². The Morgan fingerprint density at radius 3 is 2.43 bits per heavy atom. The van der Waals surface area contributed by atoms with Gasteiger partial charge < -0.3 is 14.8 Å². The molecule has 4 heteroatoms. The molecule has 0 aromatic heterocycles. The maximum absolute atomic E-state index is 6.12. The van der Waals surface area contributed by atoms with Crippen molar-refractivity contribution in [1.82, 2.24) is 0 Å². The molecule has 0 spiro atoms. The highest BCUT2D eigenvalue weighted by Gasteiger charge is 2.02. The van der Waals surface area contributed by atoms with Crippen LogP contribution in [0.4, 0.5) is 5.69 Å². The van der Waals surface area contributed by atoms with Crippen LogP contribution < -0.4 is 14.8 Å². The van der Waals surface area contributed by atoms with Crippen LogP contribution in [0.5, 0.6) is 11.5 Å². The van der Waals surface area contributed by atoms with Gasteiger partial charge in [-0.15, -0.1) is 0 Å². The molecule has 0 fully saturated rings. The molecular weight excluding hydrogens is 310 g/mol. The van der Waals surface area contributed by atoms with Crippen LogP contribution in [0.1, 0.15) is 25.8 Å². The van der Waals surface area contributed by atoms with Gasteiger partial charge in [-0.3, -0.25) is 0 Å². The summed E-state index contributed by atoms with van der Waals surface area (Å²) in [5, 5.41) is 3.95. The number of anilines is 1. The van der Waals surface area contributed by atoms with Crippen LogP contribution in [-0.2, 0) is 6.54 Å². The minimum Gasteiger partial charge on any atom is -0.495 e. The van der Waals surface area contributed by atoms with Crippen molar-refractivity contribution in [2.24, 2.45) is 5.92 Å². The van der Waals surface area contributed by atoms with Crippen molar-refractivity contribution in [3.05, 3.63) is 53.1 Å². The summed E-state index contributed by atoms with van der Waals surface area (Å²) < 4.78 is 10.9. The van der Waals surface area contributed by atoms with Crippen LogP contribution in [0.3, 0.4) is 0 Å². The maximum atomic E-state index is 6.12. The highest BCUT2D eigenvalue weighted by atomic mass is 35.5. The van der Waals surface area contributed by atoms with Gasteiger partial charge in [-0.05, 0) is 48.2 Å². The fourth-order valence-corrected chi connectivity index (χ4v) is 2.35. The second-order valence-electron chi connectivity index (χ2n) is 5.88. The van der Waals surface area contributed by atoms with Crippen molar-refractivity contribution in [2.75, 3.05) is 19.0 Å². The zero-order chi connectivity index (χ0) is 16.7. The SMILES string of the molecule is COc1ccc(NCc2ccc(OCCC(C)C)cc2)cc1Cl. The molecule has 23 heavy (non-hydrogen) atoms. The Morgan fingerprint density at radius 2 is 1.83 bits per heavy atom. The Balaban J connectivity index is 1.85. The number of nitrogens with one attached hydrogen (secondary N) is 1. The fourth-order valence-electron chi connectivity index (χ4n) is 2.10. The molecule has 0 saturated carbocycles. The van der Waals surface area contributed by atoms with E-state index in [1.807, 2.05) is 30.3 Å². The first kappa shape index (κ1) is 17.5. The van der Waals surface area contributed by atoms with E-state index in [1.54, 1.807) is 7.11 Å². The molecule has 0 aliphatic heterocycles. The van der Waals surface area contributed by atoms with E-state index < -0.39 is 0 Å². The summed E-state index contributed by atoms with van der Waals surface area (Å²) >= 11 is 6.12. The molecule has 2 aromatic carbocycles. The number of benzene rings is 2. The summed E-state index contributed by atoms with van der Waals surface area (Å²) in [6, 6.07) is 13.8. The Hall–Kier alpha value is -1.87. The van der Waals surface area contributed by atoms with Crippen LogP contribution in [0.25, 0.3) is 0 Å². The van der Waals surface area contributed by atoms with E-state index in [0.29, 0.717) is 16.7 Å². The van der Waals surface area contributed by atoms with Crippen LogP contribution in [0, 0.1) is 5.92 Å². The van der Waals surface area contributed by atoms with E-state index in [9.17, 15) is 0 Å². The molecule has 2 rings (SSSR count). The summed E-state index contributed by atoms with van der Waals surface area (Å²) in [4.78, 5) is 0. The number of ether oxygens (including phenoxy) is 2. The lowest BCUT2D eigenvalue weighted by Gasteiger charge is -2.11. The molecule has 0 bridgehead atoms. The van der Waals surface area contributed by atoms with Gasteiger partial charge in [0, 0.05) is 12.2 Å². The van der Waals surface area contributed by atoms with Crippen molar-refractivity contribution in [1.29, 1.82) is 0 Å². The average Bonchev–Trinajstić information content (AvgIpc) is 2.54. The largest absolute Gasteiger partial charge is 0.495 e. The topological polar surface area (TPSA) is 30.5 Å². The van der Waals surface area contributed by atoms with E-state index in [0.717, 1.165) is 31.0 Å². The van der Waals surface area contributed by atoms with Crippen molar-refractivity contribution in [3.8, 4) is 11.5 Å². The van der Waals surface area contributed by atoms with E-state index in [1.165, 1.54) is 5.56 Å². The fraction of sp³-hybridized carbons (Fsp3) is 0.368.